The number of nitrogens with one attached hydrogen (secondary N) is 1. The molecule has 1 aliphatic carbocycles. The van der Waals surface area contributed by atoms with Crippen molar-refractivity contribution in [1.29, 1.82) is 0 Å². The van der Waals surface area contributed by atoms with Crippen molar-refractivity contribution in [2.24, 2.45) is 5.92 Å². The van der Waals surface area contributed by atoms with E-state index in [2.05, 4.69) is 11.4 Å². The molecule has 0 aromatic heterocycles. The maximum absolute atomic E-state index is 13.4. The molecule has 6 nitrogen and oxygen atoms in total. The number of benzene rings is 2. The summed E-state index contributed by atoms with van der Waals surface area (Å²) < 4.78 is 42.9. The SMILES string of the molecule is COc1cc(CC2CCCCNCC2)c2c(c1)C(=CS(=O)(=O)c1cc(OC)ccc1OC)C=C2. The van der Waals surface area contributed by atoms with Gasteiger partial charge in [0.2, 0.25) is 9.84 Å². The molecule has 34 heavy (non-hydrogen) atoms. The summed E-state index contributed by atoms with van der Waals surface area (Å²) in [7, 11) is 0.816. The maximum atomic E-state index is 13.4. The Bertz CT molecular complexity index is 1190. The fraction of sp³-hybridized carbons (Fsp3) is 0.407. The van der Waals surface area contributed by atoms with Gasteiger partial charge >= 0.3 is 0 Å². The highest BCUT2D eigenvalue weighted by Crippen LogP contribution is 2.39. The van der Waals surface area contributed by atoms with Crippen LogP contribution in [-0.2, 0) is 16.3 Å². The Morgan fingerprint density at radius 2 is 1.76 bits per heavy atom. The highest BCUT2D eigenvalue weighted by Gasteiger charge is 2.24. The molecule has 2 aliphatic rings. The zero-order chi connectivity index (χ0) is 24.1. The topological polar surface area (TPSA) is 73.9 Å². The zero-order valence-corrected chi connectivity index (χ0v) is 20.9. The summed E-state index contributed by atoms with van der Waals surface area (Å²) >= 11 is 0. The van der Waals surface area contributed by atoms with Crippen LogP contribution in [0.15, 0.2) is 46.7 Å². The van der Waals surface area contributed by atoms with Crippen LogP contribution < -0.4 is 19.5 Å². The standard InChI is InChI=1S/C27H33NO5S/c1-31-22-8-10-26(33-3)27(17-22)34(29,30)18-20-7-9-24-21(15-23(32-2)16-25(20)24)14-19-6-4-5-12-28-13-11-19/h7-10,15-19,28H,4-6,11-14H2,1-3H3. The average molecular weight is 484 g/mol. The molecule has 0 radical (unpaired) electrons. The Morgan fingerprint density at radius 1 is 0.941 bits per heavy atom. The van der Waals surface area contributed by atoms with Crippen LogP contribution in [0.4, 0.5) is 0 Å². The molecule has 2 aromatic rings. The average Bonchev–Trinajstić information content (AvgIpc) is 3.22. The molecule has 0 amide bonds. The van der Waals surface area contributed by atoms with Gasteiger partial charge in [0.15, 0.2) is 0 Å². The van der Waals surface area contributed by atoms with Gasteiger partial charge in [-0.2, -0.15) is 0 Å². The molecule has 4 rings (SSSR count). The summed E-state index contributed by atoms with van der Waals surface area (Å²) in [6.07, 6.45) is 9.64. The van der Waals surface area contributed by atoms with E-state index in [4.69, 9.17) is 14.2 Å². The van der Waals surface area contributed by atoms with E-state index in [9.17, 15) is 8.42 Å². The Balaban J connectivity index is 1.70. The van der Waals surface area contributed by atoms with E-state index in [1.54, 1.807) is 19.2 Å². The fourth-order valence-corrected chi connectivity index (χ4v) is 6.16. The van der Waals surface area contributed by atoms with Gasteiger partial charge in [0, 0.05) is 11.5 Å². The maximum Gasteiger partial charge on any atom is 0.204 e. The van der Waals surface area contributed by atoms with Crippen LogP contribution >= 0.6 is 0 Å². The highest BCUT2D eigenvalue weighted by molar-refractivity contribution is 7.94. The lowest BCUT2D eigenvalue weighted by Gasteiger charge is -2.22. The molecule has 0 bridgehead atoms. The second kappa shape index (κ2) is 10.7. The number of sulfone groups is 1. The summed E-state index contributed by atoms with van der Waals surface area (Å²) in [4.78, 5) is 0.0776. The predicted molar refractivity (Wildman–Crippen MR) is 135 cm³/mol. The molecule has 0 spiro atoms. The number of allylic oxidation sites excluding steroid dienone is 2. The molecule has 0 saturated carbocycles. The minimum atomic E-state index is -3.80. The quantitative estimate of drug-likeness (QED) is 0.605. The molecular weight excluding hydrogens is 450 g/mol. The first-order valence-corrected chi connectivity index (χ1v) is 13.3. The van der Waals surface area contributed by atoms with Gasteiger partial charge in [-0.15, -0.1) is 0 Å². The van der Waals surface area contributed by atoms with Crippen molar-refractivity contribution >= 4 is 21.5 Å². The van der Waals surface area contributed by atoms with E-state index in [1.807, 2.05) is 18.2 Å². The van der Waals surface area contributed by atoms with Crippen molar-refractivity contribution in [3.63, 3.8) is 0 Å². The van der Waals surface area contributed by atoms with E-state index in [1.165, 1.54) is 50.5 Å². The Labute approximate surface area is 202 Å². The number of ether oxygens (including phenoxy) is 3. The van der Waals surface area contributed by atoms with E-state index in [0.29, 0.717) is 17.2 Å². The van der Waals surface area contributed by atoms with Crippen molar-refractivity contribution in [1.82, 2.24) is 5.32 Å². The van der Waals surface area contributed by atoms with E-state index < -0.39 is 9.84 Å². The van der Waals surface area contributed by atoms with Crippen LogP contribution in [0.25, 0.3) is 11.6 Å². The van der Waals surface area contributed by atoms with Gasteiger partial charge in [-0.1, -0.05) is 25.0 Å². The molecule has 1 saturated heterocycles. The van der Waals surface area contributed by atoms with E-state index >= 15 is 0 Å². The lowest BCUT2D eigenvalue weighted by atomic mass is 9.87. The van der Waals surface area contributed by atoms with Gasteiger partial charge in [-0.3, -0.25) is 0 Å². The van der Waals surface area contributed by atoms with E-state index in [0.717, 1.165) is 42.8 Å². The molecule has 7 heteroatoms. The zero-order valence-electron chi connectivity index (χ0n) is 20.1. The van der Waals surface area contributed by atoms with Gasteiger partial charge in [0.25, 0.3) is 0 Å². The minimum absolute atomic E-state index is 0.0776. The number of rotatable bonds is 7. The second-order valence-corrected chi connectivity index (χ2v) is 10.6. The van der Waals surface area contributed by atoms with Crippen LogP contribution in [0.2, 0.25) is 0 Å². The lowest BCUT2D eigenvalue weighted by Crippen LogP contribution is -2.23. The molecule has 182 valence electrons. The Morgan fingerprint density at radius 3 is 2.53 bits per heavy atom. The van der Waals surface area contributed by atoms with Crippen molar-refractivity contribution in [3.8, 4) is 17.2 Å². The van der Waals surface area contributed by atoms with Crippen LogP contribution in [0.1, 0.15) is 42.4 Å². The number of fused-ring (bicyclic) bond motifs is 1. The van der Waals surface area contributed by atoms with Gasteiger partial charge < -0.3 is 19.5 Å². The number of methoxy groups -OCH3 is 3. The third kappa shape index (κ3) is 5.31. The molecule has 1 N–H and O–H groups in total. The molecular formula is C27H33NO5S. The highest BCUT2D eigenvalue weighted by atomic mass is 32.2. The molecule has 1 atom stereocenters. The molecule has 1 heterocycles. The van der Waals surface area contributed by atoms with Crippen molar-refractivity contribution in [3.05, 3.63) is 58.5 Å². The van der Waals surface area contributed by atoms with Crippen LogP contribution in [0.5, 0.6) is 17.2 Å². The summed E-state index contributed by atoms with van der Waals surface area (Å²) in [5, 5.41) is 4.83. The van der Waals surface area contributed by atoms with Crippen molar-refractivity contribution in [2.75, 3.05) is 34.4 Å². The monoisotopic (exact) mass is 483 g/mol. The molecule has 2 aromatic carbocycles. The molecule has 1 fully saturated rings. The second-order valence-electron chi connectivity index (χ2n) is 8.82. The first-order chi connectivity index (χ1) is 16.4. The van der Waals surface area contributed by atoms with Crippen LogP contribution in [0, 0.1) is 5.92 Å². The minimum Gasteiger partial charge on any atom is -0.497 e. The van der Waals surface area contributed by atoms with Gasteiger partial charge in [0.05, 0.1) is 21.3 Å². The summed E-state index contributed by atoms with van der Waals surface area (Å²) in [6, 6.07) is 8.79. The van der Waals surface area contributed by atoms with Gasteiger partial charge in [-0.25, -0.2) is 8.42 Å². The first kappa shape index (κ1) is 24.4. The summed E-state index contributed by atoms with van der Waals surface area (Å²) in [6.45, 7) is 2.14. The predicted octanol–water partition coefficient (Wildman–Crippen LogP) is 4.88. The third-order valence-corrected chi connectivity index (χ3v) is 8.13. The van der Waals surface area contributed by atoms with Gasteiger partial charge in [-0.05, 0) is 84.8 Å². The van der Waals surface area contributed by atoms with Gasteiger partial charge in [0.1, 0.15) is 22.1 Å². The first-order valence-electron chi connectivity index (χ1n) is 11.7. The number of hydrogen-bond donors (Lipinski definition) is 1. The Hall–Kier alpha value is -2.77. The largest absolute Gasteiger partial charge is 0.497 e. The van der Waals surface area contributed by atoms with Crippen molar-refractivity contribution < 1.29 is 22.6 Å². The molecule has 1 aliphatic heterocycles. The van der Waals surface area contributed by atoms with Crippen LogP contribution in [0.3, 0.4) is 0 Å². The Kier molecular flexibility index (Phi) is 7.63. The van der Waals surface area contributed by atoms with Crippen LogP contribution in [-0.4, -0.2) is 42.8 Å². The fourth-order valence-electron chi connectivity index (χ4n) is 4.78. The smallest absolute Gasteiger partial charge is 0.204 e. The third-order valence-electron chi connectivity index (χ3n) is 6.63. The van der Waals surface area contributed by atoms with Crippen molar-refractivity contribution in [2.45, 2.75) is 37.0 Å². The normalized spacial score (nSPS) is 19.4. The lowest BCUT2D eigenvalue weighted by molar-refractivity contribution is 0.384. The number of hydrogen-bond acceptors (Lipinski definition) is 6. The summed E-state index contributed by atoms with van der Waals surface area (Å²) in [5.74, 6) is 2.07. The molecule has 1 unspecified atom stereocenters. The van der Waals surface area contributed by atoms with E-state index in [-0.39, 0.29) is 10.6 Å². The summed E-state index contributed by atoms with van der Waals surface area (Å²) in [5.41, 5.74) is 3.80.